The Morgan fingerprint density at radius 3 is 2.42 bits per heavy atom. The minimum absolute atomic E-state index is 0.0534. The van der Waals surface area contributed by atoms with Crippen LogP contribution in [0.25, 0.3) is 0 Å². The van der Waals surface area contributed by atoms with Crippen molar-refractivity contribution < 1.29 is 19.1 Å². The summed E-state index contributed by atoms with van der Waals surface area (Å²) in [6.07, 6.45) is 4.66. The smallest absolute Gasteiger partial charge is 0.307 e. The maximum absolute atomic E-state index is 13.7. The summed E-state index contributed by atoms with van der Waals surface area (Å²) in [6, 6.07) is 17.1. The van der Waals surface area contributed by atoms with Gasteiger partial charge in [-0.05, 0) is 36.6 Å². The SMILES string of the molecule is COC(=O)CCNC(=O)C1c2ccccc2C(=O)N(c2ccccc2)C12CCCCC2. The second-order valence-corrected chi connectivity index (χ2v) is 8.28. The second-order valence-electron chi connectivity index (χ2n) is 8.28. The molecule has 2 amide bonds. The number of anilines is 1. The molecule has 1 aliphatic heterocycles. The number of esters is 1. The third-order valence-electron chi connectivity index (χ3n) is 6.54. The molecule has 4 rings (SSSR count). The summed E-state index contributed by atoms with van der Waals surface area (Å²) in [6.45, 7) is 0.208. The van der Waals surface area contributed by atoms with E-state index in [9.17, 15) is 14.4 Å². The number of fused-ring (bicyclic) bond motifs is 1. The average Bonchev–Trinajstić information content (AvgIpc) is 2.80. The van der Waals surface area contributed by atoms with E-state index in [1.165, 1.54) is 7.11 Å². The van der Waals surface area contributed by atoms with Crippen molar-refractivity contribution in [3.63, 3.8) is 0 Å². The van der Waals surface area contributed by atoms with Crippen molar-refractivity contribution in [2.45, 2.75) is 50.0 Å². The molecule has 1 heterocycles. The number of hydrogen-bond acceptors (Lipinski definition) is 4. The summed E-state index contributed by atoms with van der Waals surface area (Å²) < 4.78 is 4.69. The highest BCUT2D eigenvalue weighted by Crippen LogP contribution is 2.50. The molecule has 2 aromatic rings. The van der Waals surface area contributed by atoms with E-state index < -0.39 is 11.5 Å². The van der Waals surface area contributed by atoms with Crippen LogP contribution in [0.2, 0.25) is 0 Å². The number of methoxy groups -OCH3 is 1. The lowest BCUT2D eigenvalue weighted by atomic mass is 9.65. The largest absolute Gasteiger partial charge is 0.469 e. The predicted molar refractivity (Wildman–Crippen MR) is 118 cm³/mol. The molecule has 6 nitrogen and oxygen atoms in total. The Morgan fingerprint density at radius 1 is 1.03 bits per heavy atom. The Balaban J connectivity index is 1.79. The van der Waals surface area contributed by atoms with Crippen LogP contribution in [0.1, 0.15) is 60.4 Å². The fourth-order valence-corrected chi connectivity index (χ4v) is 5.19. The first-order valence-corrected chi connectivity index (χ1v) is 10.9. The normalized spacial score (nSPS) is 19.6. The Labute approximate surface area is 182 Å². The highest BCUT2D eigenvalue weighted by Gasteiger charge is 2.55. The van der Waals surface area contributed by atoms with Gasteiger partial charge in [-0.2, -0.15) is 0 Å². The van der Waals surface area contributed by atoms with Gasteiger partial charge < -0.3 is 15.0 Å². The van der Waals surface area contributed by atoms with E-state index in [4.69, 9.17) is 0 Å². The lowest BCUT2D eigenvalue weighted by Crippen LogP contribution is -2.63. The van der Waals surface area contributed by atoms with Crippen molar-refractivity contribution in [1.29, 1.82) is 0 Å². The highest BCUT2D eigenvalue weighted by molar-refractivity contribution is 6.12. The number of nitrogens with zero attached hydrogens (tertiary/aromatic N) is 1. The summed E-state index contributed by atoms with van der Waals surface area (Å²) in [5, 5.41) is 2.94. The summed E-state index contributed by atoms with van der Waals surface area (Å²) in [4.78, 5) is 40.7. The van der Waals surface area contributed by atoms with Crippen LogP contribution in [-0.2, 0) is 14.3 Å². The van der Waals surface area contributed by atoms with Crippen molar-refractivity contribution in [1.82, 2.24) is 5.32 Å². The third-order valence-corrected chi connectivity index (χ3v) is 6.54. The van der Waals surface area contributed by atoms with Gasteiger partial charge in [-0.3, -0.25) is 14.4 Å². The Hall–Kier alpha value is -3.15. The fraction of sp³-hybridized carbons (Fsp3) is 0.400. The number of carbonyl (C=O) groups excluding carboxylic acids is 3. The number of benzene rings is 2. The van der Waals surface area contributed by atoms with Crippen LogP contribution < -0.4 is 10.2 Å². The van der Waals surface area contributed by atoms with Gasteiger partial charge in [0.15, 0.2) is 0 Å². The van der Waals surface area contributed by atoms with Crippen LogP contribution >= 0.6 is 0 Å². The topological polar surface area (TPSA) is 75.7 Å². The van der Waals surface area contributed by atoms with Gasteiger partial charge in [-0.15, -0.1) is 0 Å². The summed E-state index contributed by atoms with van der Waals surface area (Å²) in [5.74, 6) is -1.06. The zero-order chi connectivity index (χ0) is 21.8. The van der Waals surface area contributed by atoms with Crippen molar-refractivity contribution >= 4 is 23.5 Å². The van der Waals surface area contributed by atoms with E-state index in [-0.39, 0.29) is 30.7 Å². The number of para-hydroxylation sites is 1. The molecule has 1 spiro atoms. The molecule has 0 saturated heterocycles. The van der Waals surface area contributed by atoms with Gasteiger partial charge >= 0.3 is 5.97 Å². The molecular formula is C25H28N2O4. The van der Waals surface area contributed by atoms with Gasteiger partial charge in [0.1, 0.15) is 0 Å². The molecule has 1 N–H and O–H groups in total. The first-order chi connectivity index (χ1) is 15.1. The highest BCUT2D eigenvalue weighted by atomic mass is 16.5. The van der Waals surface area contributed by atoms with Crippen LogP contribution in [0.15, 0.2) is 54.6 Å². The van der Waals surface area contributed by atoms with Crippen LogP contribution in [0.4, 0.5) is 5.69 Å². The van der Waals surface area contributed by atoms with E-state index in [1.807, 2.05) is 53.4 Å². The lowest BCUT2D eigenvalue weighted by Gasteiger charge is -2.53. The van der Waals surface area contributed by atoms with Gasteiger partial charge in [0.05, 0.1) is 25.0 Å². The van der Waals surface area contributed by atoms with Crippen molar-refractivity contribution in [2.75, 3.05) is 18.6 Å². The van der Waals surface area contributed by atoms with Gasteiger partial charge in [-0.1, -0.05) is 55.7 Å². The number of nitrogens with one attached hydrogen (secondary N) is 1. The number of rotatable bonds is 5. The van der Waals surface area contributed by atoms with Crippen molar-refractivity contribution in [3.05, 3.63) is 65.7 Å². The number of carbonyl (C=O) groups is 3. The first-order valence-electron chi connectivity index (χ1n) is 10.9. The predicted octanol–water partition coefficient (Wildman–Crippen LogP) is 3.81. The van der Waals surface area contributed by atoms with E-state index in [0.717, 1.165) is 43.4 Å². The molecule has 1 saturated carbocycles. The standard InChI is InChI=1S/C25H28N2O4/c1-31-21(28)14-17-26-23(29)22-19-12-6-7-13-20(19)24(30)27(18-10-4-2-5-11-18)25(22)15-8-3-9-16-25/h2,4-7,10-13,22H,3,8-9,14-17H2,1H3,(H,26,29). The molecule has 6 heteroatoms. The summed E-state index contributed by atoms with van der Waals surface area (Å²) >= 11 is 0. The third kappa shape index (κ3) is 3.82. The van der Waals surface area contributed by atoms with E-state index in [2.05, 4.69) is 10.1 Å². The molecule has 0 radical (unpaired) electrons. The summed E-state index contributed by atoms with van der Waals surface area (Å²) in [5.41, 5.74) is 1.53. The van der Waals surface area contributed by atoms with E-state index in [0.29, 0.717) is 5.56 Å². The first kappa shape index (κ1) is 21.1. The molecular weight excluding hydrogens is 392 g/mol. The maximum atomic E-state index is 13.7. The zero-order valence-corrected chi connectivity index (χ0v) is 17.8. The van der Waals surface area contributed by atoms with Crippen molar-refractivity contribution in [3.8, 4) is 0 Å². The molecule has 2 aliphatic rings. The Morgan fingerprint density at radius 2 is 1.71 bits per heavy atom. The quantitative estimate of drug-likeness (QED) is 0.747. The maximum Gasteiger partial charge on any atom is 0.307 e. The number of amides is 2. The monoisotopic (exact) mass is 420 g/mol. The van der Waals surface area contributed by atoms with Gasteiger partial charge in [0, 0.05) is 17.8 Å². The van der Waals surface area contributed by atoms with Crippen LogP contribution in [-0.4, -0.2) is 37.0 Å². The van der Waals surface area contributed by atoms with Gasteiger partial charge in [-0.25, -0.2) is 0 Å². The van der Waals surface area contributed by atoms with Crippen LogP contribution in [0.3, 0.4) is 0 Å². The number of hydrogen-bond donors (Lipinski definition) is 1. The number of ether oxygens (including phenoxy) is 1. The minimum Gasteiger partial charge on any atom is -0.469 e. The van der Waals surface area contributed by atoms with E-state index >= 15 is 0 Å². The Kier molecular flexibility index (Phi) is 6.07. The van der Waals surface area contributed by atoms with E-state index in [1.54, 1.807) is 6.07 Å². The zero-order valence-electron chi connectivity index (χ0n) is 17.8. The molecule has 1 atom stereocenters. The molecule has 0 aromatic heterocycles. The molecule has 2 aromatic carbocycles. The average molecular weight is 421 g/mol. The molecule has 1 aliphatic carbocycles. The summed E-state index contributed by atoms with van der Waals surface area (Å²) in [7, 11) is 1.34. The van der Waals surface area contributed by atoms with Gasteiger partial charge in [0.2, 0.25) is 5.91 Å². The van der Waals surface area contributed by atoms with Crippen LogP contribution in [0.5, 0.6) is 0 Å². The fourth-order valence-electron chi connectivity index (χ4n) is 5.19. The minimum atomic E-state index is -0.625. The lowest BCUT2D eigenvalue weighted by molar-refractivity contribution is -0.140. The van der Waals surface area contributed by atoms with Crippen molar-refractivity contribution in [2.24, 2.45) is 0 Å². The molecule has 1 fully saturated rings. The molecule has 31 heavy (non-hydrogen) atoms. The second kappa shape index (κ2) is 8.92. The Bertz CT molecular complexity index is 966. The molecule has 162 valence electrons. The van der Waals surface area contributed by atoms with Crippen LogP contribution in [0, 0.1) is 0 Å². The van der Waals surface area contributed by atoms with Gasteiger partial charge in [0.25, 0.3) is 5.91 Å². The molecule has 0 bridgehead atoms. The molecule has 1 unspecified atom stereocenters.